The molecule has 0 heterocycles. The molecule has 1 aliphatic rings. The third kappa shape index (κ3) is 3.08. The highest BCUT2D eigenvalue weighted by atomic mass is 19.1. The summed E-state index contributed by atoms with van der Waals surface area (Å²) < 4.78 is 13.4. The predicted octanol–water partition coefficient (Wildman–Crippen LogP) is 3.84. The molecule has 1 unspecified atom stereocenters. The van der Waals surface area contributed by atoms with Crippen LogP contribution in [0.15, 0.2) is 48.5 Å². The molecule has 2 aromatic rings. The molecule has 0 saturated heterocycles. The lowest BCUT2D eigenvalue weighted by atomic mass is 10.0. The van der Waals surface area contributed by atoms with Crippen molar-refractivity contribution in [2.45, 2.75) is 24.8 Å². The molecule has 1 fully saturated rings. The Labute approximate surface area is 125 Å². The fourth-order valence-corrected chi connectivity index (χ4v) is 2.83. The van der Waals surface area contributed by atoms with Gasteiger partial charge in [-0.15, -0.1) is 0 Å². The topological polar surface area (TPSA) is 29.3 Å². The van der Waals surface area contributed by atoms with Crippen molar-refractivity contribution < 1.29 is 4.39 Å². The molecule has 2 aromatic carbocycles. The molecule has 0 radical (unpaired) electrons. The maximum Gasteiger partial charge on any atom is 0.125 e. The first-order chi connectivity index (χ1) is 10.2. The van der Waals surface area contributed by atoms with Crippen molar-refractivity contribution in [3.63, 3.8) is 0 Å². The summed E-state index contributed by atoms with van der Waals surface area (Å²) in [5, 5.41) is 0. The molecule has 1 saturated carbocycles. The van der Waals surface area contributed by atoms with Crippen molar-refractivity contribution >= 4 is 5.69 Å². The summed E-state index contributed by atoms with van der Waals surface area (Å²) in [4.78, 5) is 2.05. The minimum absolute atomic E-state index is 0.0606. The molecule has 0 aliphatic heterocycles. The number of benzene rings is 2. The van der Waals surface area contributed by atoms with Crippen LogP contribution in [0.4, 0.5) is 10.1 Å². The van der Waals surface area contributed by atoms with Gasteiger partial charge in [0.25, 0.3) is 0 Å². The summed E-state index contributed by atoms with van der Waals surface area (Å²) in [5.74, 6) is 0.504. The lowest BCUT2D eigenvalue weighted by Crippen LogP contribution is -2.30. The van der Waals surface area contributed by atoms with E-state index in [2.05, 4.69) is 29.2 Å². The molecule has 1 aliphatic carbocycles. The normalized spacial score (nSPS) is 15.8. The van der Waals surface area contributed by atoms with Gasteiger partial charge in [-0.05, 0) is 48.1 Å². The summed E-state index contributed by atoms with van der Waals surface area (Å²) in [6, 6.07) is 15.4. The van der Waals surface area contributed by atoms with Crippen LogP contribution in [0.5, 0.6) is 0 Å². The number of nitrogens with zero attached hydrogens (tertiary/aromatic N) is 1. The lowest BCUT2D eigenvalue weighted by molar-refractivity contribution is 0.623. The molecule has 2 nitrogen and oxygen atoms in total. The molecule has 21 heavy (non-hydrogen) atoms. The molecule has 3 heteroatoms. The summed E-state index contributed by atoms with van der Waals surface area (Å²) in [6.45, 7) is 0.501. The lowest BCUT2D eigenvalue weighted by Gasteiger charge is -2.30. The molecule has 2 N–H and O–H groups in total. The van der Waals surface area contributed by atoms with E-state index in [1.807, 2.05) is 13.1 Å². The molecule has 0 bridgehead atoms. The molecular weight excluding hydrogens is 263 g/mol. The number of hydrogen-bond acceptors (Lipinski definition) is 2. The van der Waals surface area contributed by atoms with E-state index in [9.17, 15) is 4.39 Å². The first kappa shape index (κ1) is 14.1. The Morgan fingerprint density at radius 3 is 2.62 bits per heavy atom. The number of hydrogen-bond donors (Lipinski definition) is 1. The van der Waals surface area contributed by atoms with Gasteiger partial charge in [0.15, 0.2) is 0 Å². The van der Waals surface area contributed by atoms with Crippen LogP contribution in [-0.2, 0) is 0 Å². The monoisotopic (exact) mass is 284 g/mol. The zero-order valence-electron chi connectivity index (χ0n) is 12.3. The summed E-state index contributed by atoms with van der Waals surface area (Å²) >= 11 is 0. The Hall–Kier alpha value is -1.87. The number of anilines is 1. The van der Waals surface area contributed by atoms with Gasteiger partial charge in [0.2, 0.25) is 0 Å². The summed E-state index contributed by atoms with van der Waals surface area (Å²) in [7, 11) is 1.97. The highest BCUT2D eigenvalue weighted by molar-refractivity contribution is 5.49. The van der Waals surface area contributed by atoms with Crippen LogP contribution in [0.3, 0.4) is 0 Å². The highest BCUT2D eigenvalue weighted by Gasteiger charge is 2.25. The van der Waals surface area contributed by atoms with Crippen LogP contribution in [0, 0.1) is 5.82 Å². The predicted molar refractivity (Wildman–Crippen MR) is 85.0 cm³/mol. The Balaban J connectivity index is 1.88. The number of rotatable bonds is 5. The van der Waals surface area contributed by atoms with E-state index in [0.717, 1.165) is 11.6 Å². The van der Waals surface area contributed by atoms with Gasteiger partial charge in [-0.2, -0.15) is 0 Å². The fourth-order valence-electron chi connectivity index (χ4n) is 2.83. The van der Waals surface area contributed by atoms with Gasteiger partial charge in [-0.1, -0.05) is 30.3 Å². The average molecular weight is 284 g/mol. The standard InChI is InChI=1S/C18H21FN2/c1-21(17-7-3-6-16(19)11-17)18(12-20)15-5-2-4-14(10-15)13-8-9-13/h2-7,10-11,13,18H,8-9,12,20H2,1H3. The van der Waals surface area contributed by atoms with E-state index < -0.39 is 0 Å². The maximum absolute atomic E-state index is 13.4. The van der Waals surface area contributed by atoms with Crippen molar-refractivity contribution in [3.05, 3.63) is 65.5 Å². The van der Waals surface area contributed by atoms with E-state index in [1.165, 1.54) is 30.0 Å². The van der Waals surface area contributed by atoms with Crippen molar-refractivity contribution in [1.29, 1.82) is 0 Å². The zero-order valence-corrected chi connectivity index (χ0v) is 12.3. The Morgan fingerprint density at radius 2 is 1.95 bits per heavy atom. The smallest absolute Gasteiger partial charge is 0.125 e. The third-order valence-electron chi connectivity index (χ3n) is 4.25. The van der Waals surface area contributed by atoms with Gasteiger partial charge >= 0.3 is 0 Å². The average Bonchev–Trinajstić information content (AvgIpc) is 3.33. The van der Waals surface area contributed by atoms with Crippen LogP contribution in [-0.4, -0.2) is 13.6 Å². The second kappa shape index (κ2) is 5.86. The molecule has 1 atom stereocenters. The minimum Gasteiger partial charge on any atom is -0.366 e. The van der Waals surface area contributed by atoms with Gasteiger partial charge in [-0.25, -0.2) is 4.39 Å². The van der Waals surface area contributed by atoms with E-state index >= 15 is 0 Å². The van der Waals surface area contributed by atoms with Crippen LogP contribution in [0.25, 0.3) is 0 Å². The molecule has 0 aromatic heterocycles. The Bertz CT molecular complexity index is 622. The Morgan fingerprint density at radius 1 is 1.19 bits per heavy atom. The minimum atomic E-state index is -0.221. The Kier molecular flexibility index (Phi) is 3.93. The van der Waals surface area contributed by atoms with Gasteiger partial charge in [-0.3, -0.25) is 0 Å². The molecule has 0 amide bonds. The second-order valence-corrected chi connectivity index (χ2v) is 5.79. The largest absolute Gasteiger partial charge is 0.366 e. The van der Waals surface area contributed by atoms with Crippen molar-refractivity contribution in [2.75, 3.05) is 18.5 Å². The van der Waals surface area contributed by atoms with Crippen LogP contribution in [0.2, 0.25) is 0 Å². The first-order valence-electron chi connectivity index (χ1n) is 7.47. The summed E-state index contributed by atoms with van der Waals surface area (Å²) in [5.41, 5.74) is 9.44. The number of likely N-dealkylation sites (N-methyl/N-ethyl adjacent to an activating group) is 1. The van der Waals surface area contributed by atoms with E-state index in [0.29, 0.717) is 6.54 Å². The molecular formula is C18H21FN2. The van der Waals surface area contributed by atoms with E-state index in [1.54, 1.807) is 12.1 Å². The third-order valence-corrected chi connectivity index (χ3v) is 4.25. The second-order valence-electron chi connectivity index (χ2n) is 5.79. The van der Waals surface area contributed by atoms with Crippen LogP contribution < -0.4 is 10.6 Å². The van der Waals surface area contributed by atoms with Gasteiger partial charge < -0.3 is 10.6 Å². The maximum atomic E-state index is 13.4. The van der Waals surface area contributed by atoms with Gasteiger partial charge in [0.1, 0.15) is 5.82 Å². The molecule has 0 spiro atoms. The van der Waals surface area contributed by atoms with Crippen molar-refractivity contribution in [1.82, 2.24) is 0 Å². The van der Waals surface area contributed by atoms with Gasteiger partial charge in [0, 0.05) is 19.3 Å². The zero-order chi connectivity index (χ0) is 14.8. The SMILES string of the molecule is CN(c1cccc(F)c1)C(CN)c1cccc(C2CC2)c1. The van der Waals surface area contributed by atoms with Crippen molar-refractivity contribution in [2.24, 2.45) is 5.73 Å². The van der Waals surface area contributed by atoms with E-state index in [-0.39, 0.29) is 11.9 Å². The first-order valence-corrected chi connectivity index (χ1v) is 7.47. The van der Waals surface area contributed by atoms with Crippen LogP contribution >= 0.6 is 0 Å². The number of nitrogens with two attached hydrogens (primary N) is 1. The molecule has 110 valence electrons. The van der Waals surface area contributed by atoms with E-state index in [4.69, 9.17) is 5.73 Å². The fraction of sp³-hybridized carbons (Fsp3) is 0.333. The highest BCUT2D eigenvalue weighted by Crippen LogP contribution is 2.41. The van der Waals surface area contributed by atoms with Crippen molar-refractivity contribution in [3.8, 4) is 0 Å². The summed E-state index contributed by atoms with van der Waals surface area (Å²) in [6.07, 6.45) is 2.58. The quantitative estimate of drug-likeness (QED) is 0.904. The van der Waals surface area contributed by atoms with Crippen LogP contribution in [0.1, 0.15) is 35.9 Å². The van der Waals surface area contributed by atoms with Gasteiger partial charge in [0.05, 0.1) is 6.04 Å². The number of halogens is 1. The molecule has 3 rings (SSSR count).